The van der Waals surface area contributed by atoms with Crippen LogP contribution < -0.4 is 10.6 Å². The van der Waals surface area contributed by atoms with Crippen LogP contribution >= 0.6 is 11.3 Å². The van der Waals surface area contributed by atoms with Gasteiger partial charge in [-0.25, -0.2) is 9.97 Å². The molecule has 6 heteroatoms. The van der Waals surface area contributed by atoms with Crippen molar-refractivity contribution in [3.63, 3.8) is 0 Å². The first-order valence-electron chi connectivity index (χ1n) is 12.1. The van der Waals surface area contributed by atoms with Crippen molar-refractivity contribution in [2.75, 3.05) is 10.6 Å². The summed E-state index contributed by atoms with van der Waals surface area (Å²) in [4.78, 5) is 23.9. The second-order valence-corrected chi connectivity index (χ2v) is 10.3. The van der Waals surface area contributed by atoms with Crippen molar-refractivity contribution in [2.24, 2.45) is 0 Å². The van der Waals surface area contributed by atoms with Gasteiger partial charge in [0, 0.05) is 27.4 Å². The zero-order valence-corrected chi connectivity index (χ0v) is 21.2. The highest BCUT2D eigenvalue weighted by molar-refractivity contribution is 7.16. The van der Waals surface area contributed by atoms with Crippen LogP contribution in [0.25, 0.3) is 0 Å². The predicted octanol–water partition coefficient (Wildman–Crippen LogP) is 6.80. The number of thiophene rings is 1. The van der Waals surface area contributed by atoms with Crippen LogP contribution in [0.2, 0.25) is 0 Å². The molecule has 2 N–H and O–H groups in total. The number of fused-ring (bicyclic) bond motifs is 1. The van der Waals surface area contributed by atoms with Crippen molar-refractivity contribution >= 4 is 28.2 Å². The minimum atomic E-state index is -0.180. The van der Waals surface area contributed by atoms with Crippen molar-refractivity contribution in [2.45, 2.75) is 52.5 Å². The highest BCUT2D eigenvalue weighted by Crippen LogP contribution is 2.44. The van der Waals surface area contributed by atoms with Gasteiger partial charge in [0.05, 0.1) is 6.04 Å². The van der Waals surface area contributed by atoms with Crippen LogP contribution in [-0.4, -0.2) is 15.9 Å². The van der Waals surface area contributed by atoms with Crippen molar-refractivity contribution in [3.8, 4) is 0 Å². The number of nitrogens with one attached hydrogen (secondary N) is 2. The molecule has 1 atom stereocenters. The van der Waals surface area contributed by atoms with E-state index in [1.54, 1.807) is 11.3 Å². The van der Waals surface area contributed by atoms with E-state index in [2.05, 4.69) is 51.8 Å². The number of hydrogen-bond donors (Lipinski definition) is 2. The molecule has 0 saturated heterocycles. The summed E-state index contributed by atoms with van der Waals surface area (Å²) < 4.78 is 0. The predicted molar refractivity (Wildman–Crippen MR) is 144 cm³/mol. The fourth-order valence-electron chi connectivity index (χ4n) is 4.75. The third-order valence-corrected chi connectivity index (χ3v) is 7.65. The Morgan fingerprint density at radius 2 is 1.60 bits per heavy atom. The molecule has 1 aliphatic rings. The van der Waals surface area contributed by atoms with Crippen molar-refractivity contribution in [1.82, 2.24) is 9.97 Å². The van der Waals surface area contributed by atoms with Gasteiger partial charge in [0.25, 0.3) is 5.91 Å². The van der Waals surface area contributed by atoms with Crippen LogP contribution in [-0.2, 0) is 12.8 Å². The number of amides is 1. The quantitative estimate of drug-likeness (QED) is 0.317. The van der Waals surface area contributed by atoms with Gasteiger partial charge in [-0.1, -0.05) is 48.0 Å². The summed E-state index contributed by atoms with van der Waals surface area (Å²) in [5.74, 6) is 0.514. The number of rotatable bonds is 6. The SMILES string of the molecule is Cc1ccc([C@@H](Nc2nc(C)cc(C)n2)c2c(NC(=O)c3ccccc3)sc3c2CCCC3)cc1. The van der Waals surface area contributed by atoms with Gasteiger partial charge in [-0.3, -0.25) is 4.79 Å². The normalized spacial score (nSPS) is 13.7. The van der Waals surface area contributed by atoms with Crippen LogP contribution in [0.1, 0.15) is 67.8 Å². The lowest BCUT2D eigenvalue weighted by Crippen LogP contribution is -2.19. The molecule has 0 bridgehead atoms. The maximum atomic E-state index is 13.2. The first kappa shape index (κ1) is 23.2. The Labute approximate surface area is 210 Å². The van der Waals surface area contributed by atoms with Crippen molar-refractivity contribution in [3.05, 3.63) is 105 Å². The minimum Gasteiger partial charge on any atom is -0.343 e. The van der Waals surface area contributed by atoms with E-state index in [0.717, 1.165) is 46.8 Å². The Morgan fingerprint density at radius 1 is 0.914 bits per heavy atom. The molecule has 1 amide bonds. The summed E-state index contributed by atoms with van der Waals surface area (Å²) in [6.45, 7) is 6.06. The van der Waals surface area contributed by atoms with Crippen LogP contribution in [0.15, 0.2) is 60.7 Å². The topological polar surface area (TPSA) is 66.9 Å². The molecule has 0 radical (unpaired) electrons. The van der Waals surface area contributed by atoms with Gasteiger partial charge >= 0.3 is 0 Å². The number of carbonyl (C=O) groups is 1. The Bertz CT molecular complexity index is 1330. The van der Waals surface area contributed by atoms with Crippen LogP contribution in [0.5, 0.6) is 0 Å². The second kappa shape index (κ2) is 10.0. The summed E-state index contributed by atoms with van der Waals surface area (Å²) in [6.07, 6.45) is 4.40. The zero-order valence-electron chi connectivity index (χ0n) is 20.4. The van der Waals surface area contributed by atoms with E-state index in [4.69, 9.17) is 0 Å². The summed E-state index contributed by atoms with van der Waals surface area (Å²) in [5.41, 5.74) is 7.33. The van der Waals surface area contributed by atoms with Gasteiger partial charge in [-0.05, 0) is 75.8 Å². The summed E-state index contributed by atoms with van der Waals surface area (Å²) in [7, 11) is 0. The Morgan fingerprint density at radius 3 is 2.31 bits per heavy atom. The standard InChI is InChI=1S/C29H30N4OS/c1-18-13-15-21(16-14-18)26(32-29-30-19(2)17-20(3)31-29)25-23-11-7-8-12-24(23)35-28(25)33-27(34)22-9-5-4-6-10-22/h4-6,9-10,13-17,26H,7-8,11-12H2,1-3H3,(H,33,34)(H,30,31,32)/t26-/m1/s1. The number of benzene rings is 2. The van der Waals surface area contributed by atoms with Crippen molar-refractivity contribution in [1.29, 1.82) is 0 Å². The van der Waals surface area contributed by atoms with E-state index < -0.39 is 0 Å². The number of carbonyl (C=O) groups excluding carboxylic acids is 1. The molecule has 2 heterocycles. The zero-order chi connectivity index (χ0) is 24.4. The molecule has 5 nitrogen and oxygen atoms in total. The third-order valence-electron chi connectivity index (χ3n) is 6.43. The number of anilines is 2. The van der Waals surface area contributed by atoms with E-state index in [-0.39, 0.29) is 11.9 Å². The third kappa shape index (κ3) is 5.13. The minimum absolute atomic E-state index is 0.0873. The molecule has 0 saturated carbocycles. The fourth-order valence-corrected chi connectivity index (χ4v) is 6.08. The van der Waals surface area contributed by atoms with Gasteiger partial charge < -0.3 is 10.6 Å². The lowest BCUT2D eigenvalue weighted by Gasteiger charge is -2.24. The highest BCUT2D eigenvalue weighted by Gasteiger charge is 2.29. The monoisotopic (exact) mass is 482 g/mol. The highest BCUT2D eigenvalue weighted by atomic mass is 32.1. The smallest absolute Gasteiger partial charge is 0.256 e. The fraction of sp³-hybridized carbons (Fsp3) is 0.276. The van der Waals surface area contributed by atoms with E-state index in [1.165, 1.54) is 22.4 Å². The van der Waals surface area contributed by atoms with E-state index in [0.29, 0.717) is 11.5 Å². The Kier molecular flexibility index (Phi) is 6.64. The molecule has 2 aromatic heterocycles. The number of aromatic nitrogens is 2. The first-order chi connectivity index (χ1) is 17.0. The molecule has 178 valence electrons. The Balaban J connectivity index is 1.62. The van der Waals surface area contributed by atoms with Gasteiger partial charge in [0.15, 0.2) is 0 Å². The Hall–Kier alpha value is -3.51. The molecule has 4 aromatic rings. The summed E-state index contributed by atoms with van der Waals surface area (Å²) in [5, 5.41) is 7.80. The maximum absolute atomic E-state index is 13.2. The molecule has 0 fully saturated rings. The molecule has 2 aromatic carbocycles. The van der Waals surface area contributed by atoms with Gasteiger partial charge in [-0.2, -0.15) is 0 Å². The average Bonchev–Trinajstić information content (AvgIpc) is 3.20. The number of nitrogens with zero attached hydrogens (tertiary/aromatic N) is 2. The largest absolute Gasteiger partial charge is 0.343 e. The molecule has 0 aliphatic heterocycles. The molecule has 35 heavy (non-hydrogen) atoms. The molecular formula is C29H30N4OS. The van der Waals surface area contributed by atoms with Crippen LogP contribution in [0.4, 0.5) is 10.9 Å². The van der Waals surface area contributed by atoms with E-state index in [9.17, 15) is 4.79 Å². The van der Waals surface area contributed by atoms with E-state index in [1.807, 2.05) is 50.2 Å². The summed E-state index contributed by atoms with van der Waals surface area (Å²) in [6, 6.07) is 19.8. The molecule has 0 unspecified atom stereocenters. The average molecular weight is 483 g/mol. The van der Waals surface area contributed by atoms with Gasteiger partial charge in [0.1, 0.15) is 5.00 Å². The van der Waals surface area contributed by atoms with Gasteiger partial charge in [-0.15, -0.1) is 11.3 Å². The molecular weight excluding hydrogens is 452 g/mol. The van der Waals surface area contributed by atoms with Crippen LogP contribution in [0, 0.1) is 20.8 Å². The van der Waals surface area contributed by atoms with Crippen LogP contribution in [0.3, 0.4) is 0 Å². The van der Waals surface area contributed by atoms with E-state index >= 15 is 0 Å². The molecule has 1 aliphatic carbocycles. The number of aryl methyl sites for hydroxylation is 4. The lowest BCUT2D eigenvalue weighted by atomic mass is 9.89. The maximum Gasteiger partial charge on any atom is 0.256 e. The summed E-state index contributed by atoms with van der Waals surface area (Å²) >= 11 is 1.72. The number of hydrogen-bond acceptors (Lipinski definition) is 5. The van der Waals surface area contributed by atoms with Gasteiger partial charge in [0.2, 0.25) is 5.95 Å². The first-order valence-corrected chi connectivity index (χ1v) is 13.0. The van der Waals surface area contributed by atoms with Crippen molar-refractivity contribution < 1.29 is 4.79 Å². The second-order valence-electron chi connectivity index (χ2n) is 9.24. The molecule has 0 spiro atoms. The molecule has 5 rings (SSSR count). The lowest BCUT2D eigenvalue weighted by molar-refractivity contribution is 0.102.